The molecule has 38 heavy (non-hydrogen) atoms. The molecule has 4 aromatic rings. The van der Waals surface area contributed by atoms with Gasteiger partial charge < -0.3 is 15.1 Å². The maximum atomic E-state index is 13.3. The number of hydrogen-bond acceptors (Lipinski definition) is 5. The van der Waals surface area contributed by atoms with E-state index in [1.54, 1.807) is 7.05 Å². The topological polar surface area (TPSA) is 80.3 Å². The van der Waals surface area contributed by atoms with Crippen LogP contribution < -0.4 is 21.5 Å². The van der Waals surface area contributed by atoms with Crippen molar-refractivity contribution < 1.29 is 0 Å². The summed E-state index contributed by atoms with van der Waals surface area (Å²) in [5, 5.41) is 4.11. The third-order valence-corrected chi connectivity index (χ3v) is 7.60. The van der Waals surface area contributed by atoms with E-state index in [1.165, 1.54) is 17.2 Å². The molecule has 0 unspecified atom stereocenters. The first-order valence-corrected chi connectivity index (χ1v) is 13.1. The summed E-state index contributed by atoms with van der Waals surface area (Å²) in [5.74, 6) is 0.688. The van der Waals surface area contributed by atoms with E-state index >= 15 is 0 Å². The fraction of sp³-hybridized carbons (Fsp3) is 0.357. The average molecular weight is 532 g/mol. The second-order valence-corrected chi connectivity index (χ2v) is 10.5. The van der Waals surface area contributed by atoms with Crippen LogP contribution in [0.2, 0.25) is 0 Å². The molecule has 0 atom stereocenters. The fourth-order valence-electron chi connectivity index (χ4n) is 4.99. The van der Waals surface area contributed by atoms with E-state index in [4.69, 9.17) is 17.2 Å². The molecule has 0 bridgehead atoms. The van der Waals surface area contributed by atoms with Crippen LogP contribution in [0.4, 0.5) is 11.6 Å². The van der Waals surface area contributed by atoms with Crippen LogP contribution in [0.25, 0.3) is 11.2 Å². The van der Waals surface area contributed by atoms with E-state index in [0.717, 1.165) is 26.9 Å². The maximum absolute atomic E-state index is 13.3. The van der Waals surface area contributed by atoms with Crippen molar-refractivity contribution in [1.82, 2.24) is 23.6 Å². The summed E-state index contributed by atoms with van der Waals surface area (Å²) in [4.78, 5) is 35.1. The first kappa shape index (κ1) is 25.7. The quantitative estimate of drug-likeness (QED) is 0.406. The van der Waals surface area contributed by atoms with Crippen LogP contribution in [0.15, 0.2) is 52.1 Å². The number of anilines is 2. The van der Waals surface area contributed by atoms with E-state index in [9.17, 15) is 9.59 Å². The molecule has 1 saturated heterocycles. The van der Waals surface area contributed by atoms with Crippen molar-refractivity contribution in [3.05, 3.63) is 85.6 Å². The Labute approximate surface area is 226 Å². The number of hydrogen-bond donors (Lipinski definition) is 1. The van der Waals surface area contributed by atoms with Gasteiger partial charge >= 0.3 is 5.69 Å². The normalized spacial score (nSPS) is 13.8. The summed E-state index contributed by atoms with van der Waals surface area (Å²) in [7, 11) is 3.17. The molecule has 3 heterocycles. The zero-order valence-corrected chi connectivity index (χ0v) is 23.3. The van der Waals surface area contributed by atoms with Crippen molar-refractivity contribution in [2.24, 2.45) is 14.1 Å². The van der Waals surface area contributed by atoms with Gasteiger partial charge in [-0.25, -0.2) is 4.79 Å². The first-order valence-electron chi connectivity index (χ1n) is 12.7. The van der Waals surface area contributed by atoms with E-state index in [0.29, 0.717) is 54.9 Å². The number of aromatic nitrogens is 4. The number of fused-ring (bicyclic) bond motifs is 1. The van der Waals surface area contributed by atoms with Gasteiger partial charge in [-0.3, -0.25) is 18.5 Å². The second kappa shape index (κ2) is 10.1. The molecular formula is C28H33N7O2S. The number of nitrogens with one attached hydrogen (secondary N) is 1. The van der Waals surface area contributed by atoms with Crippen LogP contribution in [0, 0.1) is 20.8 Å². The molecule has 0 aliphatic carbocycles. The number of thiocarbonyl (C=S) groups is 1. The maximum Gasteiger partial charge on any atom is 0.332 e. The molecule has 1 aliphatic rings. The third kappa shape index (κ3) is 4.71. The Kier molecular flexibility index (Phi) is 6.83. The average Bonchev–Trinajstić information content (AvgIpc) is 3.27. The molecule has 1 N–H and O–H groups in total. The summed E-state index contributed by atoms with van der Waals surface area (Å²) in [5.41, 5.74) is 5.66. The summed E-state index contributed by atoms with van der Waals surface area (Å²) < 4.78 is 4.55. The number of piperazine rings is 1. The van der Waals surface area contributed by atoms with Crippen LogP contribution in [-0.2, 0) is 20.6 Å². The Morgan fingerprint density at radius 3 is 2.37 bits per heavy atom. The van der Waals surface area contributed by atoms with Crippen molar-refractivity contribution in [1.29, 1.82) is 0 Å². The molecule has 198 valence electrons. The molecule has 5 rings (SSSR count). The minimum Gasteiger partial charge on any atom is -0.345 e. The van der Waals surface area contributed by atoms with E-state index < -0.39 is 0 Å². The van der Waals surface area contributed by atoms with Gasteiger partial charge in [0, 0.05) is 46.0 Å². The molecule has 2 aromatic carbocycles. The van der Waals surface area contributed by atoms with Crippen molar-refractivity contribution in [3.8, 4) is 0 Å². The van der Waals surface area contributed by atoms with Crippen molar-refractivity contribution in [2.45, 2.75) is 27.3 Å². The highest BCUT2D eigenvalue weighted by Gasteiger charge is 2.26. The first-order chi connectivity index (χ1) is 18.1. The number of nitrogens with zero attached hydrogens (tertiary/aromatic N) is 6. The number of benzene rings is 2. The lowest BCUT2D eigenvalue weighted by Crippen LogP contribution is -2.50. The van der Waals surface area contributed by atoms with Gasteiger partial charge in [0.2, 0.25) is 5.95 Å². The zero-order valence-electron chi connectivity index (χ0n) is 22.5. The number of imidazole rings is 1. The van der Waals surface area contributed by atoms with Crippen molar-refractivity contribution in [3.63, 3.8) is 0 Å². The Morgan fingerprint density at radius 1 is 0.947 bits per heavy atom. The largest absolute Gasteiger partial charge is 0.345 e. The Bertz CT molecular complexity index is 1660. The van der Waals surface area contributed by atoms with Gasteiger partial charge in [-0.05, 0) is 55.7 Å². The van der Waals surface area contributed by atoms with Gasteiger partial charge in [0.25, 0.3) is 5.56 Å². The molecule has 10 heteroatoms. The van der Waals surface area contributed by atoms with Crippen molar-refractivity contribution >= 4 is 40.1 Å². The van der Waals surface area contributed by atoms with Gasteiger partial charge in [-0.1, -0.05) is 42.0 Å². The number of aryl methyl sites for hydroxylation is 4. The summed E-state index contributed by atoms with van der Waals surface area (Å²) in [6, 6.07) is 14.5. The smallest absolute Gasteiger partial charge is 0.332 e. The minimum absolute atomic E-state index is 0.341. The summed E-state index contributed by atoms with van der Waals surface area (Å²) in [6.45, 7) is 9.45. The van der Waals surface area contributed by atoms with E-state index in [2.05, 4.69) is 53.2 Å². The van der Waals surface area contributed by atoms with Gasteiger partial charge in [0.05, 0.1) is 6.54 Å². The van der Waals surface area contributed by atoms with Gasteiger partial charge in [0.15, 0.2) is 16.3 Å². The second-order valence-electron chi connectivity index (χ2n) is 10.1. The minimum atomic E-state index is -0.387. The predicted molar refractivity (Wildman–Crippen MR) is 156 cm³/mol. The predicted octanol–water partition coefficient (Wildman–Crippen LogP) is 2.93. The molecule has 9 nitrogen and oxygen atoms in total. The highest BCUT2D eigenvalue weighted by atomic mass is 32.1. The molecule has 1 fully saturated rings. The third-order valence-electron chi connectivity index (χ3n) is 7.24. The summed E-state index contributed by atoms with van der Waals surface area (Å²) >= 11 is 5.75. The monoisotopic (exact) mass is 531 g/mol. The summed E-state index contributed by atoms with van der Waals surface area (Å²) in [6.07, 6.45) is 0. The molecule has 0 amide bonds. The van der Waals surface area contributed by atoms with Gasteiger partial charge in [-0.2, -0.15) is 4.98 Å². The SMILES string of the molecule is Cc1cccc(Cn2c(N3CCN(C(=S)Nc4cc(C)ccc4C)CC3)nc3c2c(=O)n(C)c(=O)n3C)c1. The Balaban J connectivity index is 1.45. The van der Waals surface area contributed by atoms with Crippen LogP contribution in [0.1, 0.15) is 22.3 Å². The lowest BCUT2D eigenvalue weighted by Gasteiger charge is -2.37. The van der Waals surface area contributed by atoms with E-state index in [-0.39, 0.29) is 11.2 Å². The molecule has 0 spiro atoms. The highest BCUT2D eigenvalue weighted by molar-refractivity contribution is 7.80. The molecular weight excluding hydrogens is 498 g/mol. The molecule has 2 aromatic heterocycles. The van der Waals surface area contributed by atoms with Crippen LogP contribution >= 0.6 is 12.2 Å². The van der Waals surface area contributed by atoms with Crippen LogP contribution in [0.5, 0.6) is 0 Å². The standard InChI is InChI=1S/C28H33N7O2S/c1-18-7-6-8-21(15-18)17-35-23-24(31(4)28(37)32(5)25(23)36)30-26(35)33-11-13-34(14-12-33)27(38)29-22-16-19(2)9-10-20(22)3/h6-10,15-16H,11-14,17H2,1-5H3,(H,29,38). The highest BCUT2D eigenvalue weighted by Crippen LogP contribution is 2.24. The van der Waals surface area contributed by atoms with Crippen LogP contribution in [-0.4, -0.2) is 54.9 Å². The molecule has 0 radical (unpaired) electrons. The zero-order chi connectivity index (χ0) is 27.1. The Morgan fingerprint density at radius 2 is 1.66 bits per heavy atom. The van der Waals surface area contributed by atoms with E-state index in [1.807, 2.05) is 29.7 Å². The molecule has 0 saturated carbocycles. The van der Waals surface area contributed by atoms with Crippen LogP contribution in [0.3, 0.4) is 0 Å². The van der Waals surface area contributed by atoms with Gasteiger partial charge in [0.1, 0.15) is 0 Å². The molecule has 1 aliphatic heterocycles. The van der Waals surface area contributed by atoms with Gasteiger partial charge in [-0.15, -0.1) is 0 Å². The lowest BCUT2D eigenvalue weighted by atomic mass is 10.1. The fourth-order valence-corrected chi connectivity index (χ4v) is 5.29. The lowest BCUT2D eigenvalue weighted by molar-refractivity contribution is 0.386. The Hall–Kier alpha value is -3.92. The van der Waals surface area contributed by atoms with Crippen molar-refractivity contribution in [2.75, 3.05) is 36.4 Å². The number of rotatable bonds is 4.